The van der Waals surface area contributed by atoms with Gasteiger partial charge in [-0.15, -0.1) is 0 Å². The third-order valence-corrected chi connectivity index (χ3v) is 2.52. The smallest absolute Gasteiger partial charge is 0.139 e. The molecule has 4 heteroatoms. The number of hydrogen-bond donors (Lipinski definition) is 1. The summed E-state index contributed by atoms with van der Waals surface area (Å²) in [6, 6.07) is 0. The molecule has 96 valence electrons. The molecule has 0 saturated heterocycles. The van der Waals surface area contributed by atoms with Crippen LogP contribution in [0.4, 0.5) is 0 Å². The van der Waals surface area contributed by atoms with Crippen molar-refractivity contribution < 1.29 is 14.6 Å². The van der Waals surface area contributed by atoms with Crippen molar-refractivity contribution in [1.29, 1.82) is 0 Å². The van der Waals surface area contributed by atoms with Gasteiger partial charge in [0.15, 0.2) is 0 Å². The Morgan fingerprint density at radius 1 is 1.25 bits per heavy atom. The molecule has 0 bridgehead atoms. The van der Waals surface area contributed by atoms with Crippen molar-refractivity contribution in [2.24, 2.45) is 5.41 Å². The highest BCUT2D eigenvalue weighted by atomic mass is 16.5. The summed E-state index contributed by atoms with van der Waals surface area (Å²) in [6.07, 6.45) is 0.535. The molecule has 0 aliphatic carbocycles. The predicted molar refractivity (Wildman–Crippen MR) is 64.5 cm³/mol. The molecule has 0 aliphatic rings. The van der Waals surface area contributed by atoms with Crippen LogP contribution in [0.3, 0.4) is 0 Å². The minimum atomic E-state index is -0.272. The summed E-state index contributed by atoms with van der Waals surface area (Å²) in [4.78, 5) is 13.8. The van der Waals surface area contributed by atoms with Crippen LogP contribution in [0.5, 0.6) is 0 Å². The summed E-state index contributed by atoms with van der Waals surface area (Å²) in [5, 5.41) is 8.89. The number of Topliss-reactive ketones (excluding diaryl/α,β-unsaturated/α-hetero) is 1. The maximum Gasteiger partial charge on any atom is 0.139 e. The number of carbonyl (C=O) groups excluding carboxylic acids is 1. The van der Waals surface area contributed by atoms with Gasteiger partial charge in [-0.1, -0.05) is 20.8 Å². The maximum absolute atomic E-state index is 11.7. The number of carbonyl (C=O) groups is 1. The quantitative estimate of drug-likeness (QED) is 0.675. The van der Waals surface area contributed by atoms with Gasteiger partial charge in [0.1, 0.15) is 5.78 Å². The van der Waals surface area contributed by atoms with Crippen LogP contribution in [0.25, 0.3) is 0 Å². The Labute approximate surface area is 98.6 Å². The van der Waals surface area contributed by atoms with E-state index in [2.05, 4.69) is 0 Å². The van der Waals surface area contributed by atoms with E-state index in [0.717, 1.165) is 6.54 Å². The van der Waals surface area contributed by atoms with Crippen LogP contribution in [0, 0.1) is 5.41 Å². The summed E-state index contributed by atoms with van der Waals surface area (Å²) in [5.74, 6) is 0.257. The molecule has 0 amide bonds. The van der Waals surface area contributed by atoms with Crippen LogP contribution in [0.2, 0.25) is 0 Å². The zero-order chi connectivity index (χ0) is 12.6. The first-order valence-corrected chi connectivity index (χ1v) is 5.77. The second-order valence-corrected chi connectivity index (χ2v) is 4.98. The second-order valence-electron chi connectivity index (χ2n) is 4.98. The fourth-order valence-electron chi connectivity index (χ4n) is 1.33. The first kappa shape index (κ1) is 15.6. The number of aliphatic hydroxyl groups excluding tert-OH is 1. The van der Waals surface area contributed by atoms with E-state index >= 15 is 0 Å². The Morgan fingerprint density at radius 2 is 1.88 bits per heavy atom. The third kappa shape index (κ3) is 6.93. The highest BCUT2D eigenvalue weighted by Gasteiger charge is 2.21. The third-order valence-electron chi connectivity index (χ3n) is 2.52. The summed E-state index contributed by atoms with van der Waals surface area (Å²) in [5.41, 5.74) is -0.272. The Morgan fingerprint density at radius 3 is 2.31 bits per heavy atom. The average Bonchev–Trinajstić information content (AvgIpc) is 2.20. The van der Waals surface area contributed by atoms with Crippen LogP contribution in [-0.2, 0) is 9.53 Å². The molecule has 0 fully saturated rings. The van der Waals surface area contributed by atoms with Crippen molar-refractivity contribution in [3.8, 4) is 0 Å². The molecule has 0 saturated carbocycles. The summed E-state index contributed by atoms with van der Waals surface area (Å²) in [6.45, 7) is 8.59. The van der Waals surface area contributed by atoms with Crippen molar-refractivity contribution in [3.63, 3.8) is 0 Å². The van der Waals surface area contributed by atoms with Gasteiger partial charge in [-0.3, -0.25) is 9.69 Å². The Bertz CT molecular complexity index is 199. The zero-order valence-corrected chi connectivity index (χ0v) is 11.0. The Hall–Kier alpha value is -0.450. The van der Waals surface area contributed by atoms with E-state index in [-0.39, 0.29) is 17.8 Å². The highest BCUT2D eigenvalue weighted by molar-refractivity contribution is 5.83. The average molecular weight is 231 g/mol. The lowest BCUT2D eigenvalue weighted by Gasteiger charge is -2.23. The van der Waals surface area contributed by atoms with Crippen molar-refractivity contribution in [2.75, 3.05) is 40.0 Å². The highest BCUT2D eigenvalue weighted by Crippen LogP contribution is 2.16. The van der Waals surface area contributed by atoms with Gasteiger partial charge < -0.3 is 9.84 Å². The SMILES string of the molecule is COCCN(CCO)CCC(=O)C(C)(C)C. The molecule has 0 radical (unpaired) electrons. The summed E-state index contributed by atoms with van der Waals surface area (Å²) < 4.78 is 4.98. The number of ketones is 1. The van der Waals surface area contributed by atoms with Gasteiger partial charge in [-0.05, 0) is 0 Å². The number of nitrogens with zero attached hydrogens (tertiary/aromatic N) is 1. The van der Waals surface area contributed by atoms with Gasteiger partial charge in [0, 0.05) is 38.6 Å². The Kier molecular flexibility index (Phi) is 7.55. The normalized spacial score (nSPS) is 12.1. The largest absolute Gasteiger partial charge is 0.395 e. The molecular formula is C12H25NO3. The standard InChI is InChI=1S/C12H25NO3/c1-12(2,3)11(15)5-6-13(7-9-14)8-10-16-4/h14H,5-10H2,1-4H3. The number of rotatable bonds is 8. The maximum atomic E-state index is 11.7. The summed E-state index contributed by atoms with van der Waals surface area (Å²) in [7, 11) is 1.65. The van der Waals surface area contributed by atoms with Crippen LogP contribution >= 0.6 is 0 Å². The van der Waals surface area contributed by atoms with E-state index < -0.39 is 0 Å². The minimum absolute atomic E-state index is 0.118. The van der Waals surface area contributed by atoms with Crippen LogP contribution in [-0.4, -0.2) is 55.7 Å². The molecular weight excluding hydrogens is 206 g/mol. The minimum Gasteiger partial charge on any atom is -0.395 e. The van der Waals surface area contributed by atoms with E-state index in [1.807, 2.05) is 25.7 Å². The molecule has 0 atom stereocenters. The molecule has 0 aromatic carbocycles. The van der Waals surface area contributed by atoms with Gasteiger partial charge in [0.2, 0.25) is 0 Å². The van der Waals surface area contributed by atoms with E-state index in [4.69, 9.17) is 9.84 Å². The number of ether oxygens (including phenoxy) is 1. The second kappa shape index (κ2) is 7.76. The van der Waals surface area contributed by atoms with Gasteiger partial charge in [0.05, 0.1) is 13.2 Å². The molecule has 0 aromatic rings. The molecule has 1 N–H and O–H groups in total. The lowest BCUT2D eigenvalue weighted by Crippen LogP contribution is -2.34. The van der Waals surface area contributed by atoms with E-state index in [9.17, 15) is 4.79 Å². The number of aliphatic hydroxyl groups is 1. The zero-order valence-electron chi connectivity index (χ0n) is 11.0. The summed E-state index contributed by atoms with van der Waals surface area (Å²) >= 11 is 0. The van der Waals surface area contributed by atoms with Crippen LogP contribution in [0.1, 0.15) is 27.2 Å². The fourth-order valence-corrected chi connectivity index (χ4v) is 1.33. The first-order valence-electron chi connectivity index (χ1n) is 5.77. The van der Waals surface area contributed by atoms with Crippen molar-refractivity contribution >= 4 is 5.78 Å². The fraction of sp³-hybridized carbons (Fsp3) is 0.917. The van der Waals surface area contributed by atoms with Crippen LogP contribution in [0.15, 0.2) is 0 Å². The van der Waals surface area contributed by atoms with Gasteiger partial charge in [-0.25, -0.2) is 0 Å². The molecule has 0 spiro atoms. The van der Waals surface area contributed by atoms with Crippen molar-refractivity contribution in [2.45, 2.75) is 27.2 Å². The lowest BCUT2D eigenvalue weighted by atomic mass is 9.89. The Balaban J connectivity index is 3.96. The molecule has 0 unspecified atom stereocenters. The molecule has 0 rings (SSSR count). The first-order chi connectivity index (χ1) is 7.41. The van der Waals surface area contributed by atoms with Crippen molar-refractivity contribution in [1.82, 2.24) is 4.90 Å². The monoisotopic (exact) mass is 231 g/mol. The van der Waals surface area contributed by atoms with E-state index in [0.29, 0.717) is 26.1 Å². The molecule has 0 heterocycles. The lowest BCUT2D eigenvalue weighted by molar-refractivity contribution is -0.126. The molecule has 4 nitrogen and oxygen atoms in total. The number of hydrogen-bond acceptors (Lipinski definition) is 4. The van der Waals surface area contributed by atoms with Crippen LogP contribution < -0.4 is 0 Å². The molecule has 16 heavy (non-hydrogen) atoms. The van der Waals surface area contributed by atoms with Gasteiger partial charge in [0.25, 0.3) is 0 Å². The van der Waals surface area contributed by atoms with Gasteiger partial charge >= 0.3 is 0 Å². The molecule has 0 aliphatic heterocycles. The topological polar surface area (TPSA) is 49.8 Å². The van der Waals surface area contributed by atoms with Crippen molar-refractivity contribution in [3.05, 3.63) is 0 Å². The molecule has 0 aromatic heterocycles. The van der Waals surface area contributed by atoms with E-state index in [1.54, 1.807) is 7.11 Å². The predicted octanol–water partition coefficient (Wildman–Crippen LogP) is 0.932. The van der Waals surface area contributed by atoms with Gasteiger partial charge in [-0.2, -0.15) is 0 Å². The number of methoxy groups -OCH3 is 1. The van der Waals surface area contributed by atoms with E-state index in [1.165, 1.54) is 0 Å².